The molecular weight excluding hydrogens is 196 g/mol. The third kappa shape index (κ3) is 3.06. The third-order valence-electron chi connectivity index (χ3n) is 3.47. The summed E-state index contributed by atoms with van der Waals surface area (Å²) in [5.74, 6) is 0. The first kappa shape index (κ1) is 10.7. The Labute approximate surface area is 94.0 Å². The fraction of sp³-hybridized carbons (Fsp3) is 0.429. The molecule has 0 amide bonds. The summed E-state index contributed by atoms with van der Waals surface area (Å²) in [5, 5.41) is 0. The first-order chi connectivity index (χ1) is 7.29. The van der Waals surface area contributed by atoms with Crippen molar-refractivity contribution in [3.05, 3.63) is 41.6 Å². The molecule has 1 saturated heterocycles. The zero-order valence-electron chi connectivity index (χ0n) is 9.58. The summed E-state index contributed by atoms with van der Waals surface area (Å²) in [7, 11) is -1.000. The fourth-order valence-corrected chi connectivity index (χ4v) is 5.68. The number of hydrogen-bond donors (Lipinski definition) is 0. The second-order valence-electron chi connectivity index (χ2n) is 4.96. The van der Waals surface area contributed by atoms with E-state index in [1.807, 2.05) is 0 Å². The van der Waals surface area contributed by atoms with Gasteiger partial charge in [-0.2, -0.15) is 0 Å². The largest absolute Gasteiger partial charge is 0.0939 e. The molecule has 0 spiro atoms. The Morgan fingerprint density at radius 1 is 1.00 bits per heavy atom. The molecule has 0 N–H and O–H groups in total. The van der Waals surface area contributed by atoms with Crippen LogP contribution in [0.2, 0.25) is 18.6 Å². The van der Waals surface area contributed by atoms with E-state index in [1.54, 1.807) is 0 Å². The van der Waals surface area contributed by atoms with Gasteiger partial charge in [0.15, 0.2) is 0 Å². The molecule has 1 aromatic carbocycles. The summed E-state index contributed by atoms with van der Waals surface area (Å²) < 4.78 is 0. The molecule has 0 unspecified atom stereocenters. The highest BCUT2D eigenvalue weighted by atomic mass is 28.3. The van der Waals surface area contributed by atoms with Crippen LogP contribution in [0.25, 0.3) is 6.08 Å². The van der Waals surface area contributed by atoms with Crippen molar-refractivity contribution in [1.82, 2.24) is 0 Å². The van der Waals surface area contributed by atoms with Crippen molar-refractivity contribution in [2.24, 2.45) is 0 Å². The van der Waals surface area contributed by atoms with Gasteiger partial charge in [-0.05, 0) is 5.56 Å². The topological polar surface area (TPSA) is 0 Å². The summed E-state index contributed by atoms with van der Waals surface area (Å²) in [6, 6.07) is 13.7. The van der Waals surface area contributed by atoms with Crippen molar-refractivity contribution in [3.63, 3.8) is 0 Å². The lowest BCUT2D eigenvalue weighted by Gasteiger charge is -2.28. The SMILES string of the molecule is C[Si]1(C=Cc2ccccc2)CCCCC1. The Bertz CT molecular complexity index is 320. The van der Waals surface area contributed by atoms with E-state index in [4.69, 9.17) is 0 Å². The molecule has 1 aromatic rings. The van der Waals surface area contributed by atoms with Crippen LogP contribution >= 0.6 is 0 Å². The van der Waals surface area contributed by atoms with E-state index >= 15 is 0 Å². The molecule has 0 saturated carbocycles. The minimum atomic E-state index is -1.000. The molecule has 1 aliphatic rings. The van der Waals surface area contributed by atoms with Gasteiger partial charge in [-0.25, -0.2) is 0 Å². The van der Waals surface area contributed by atoms with Crippen LogP contribution in [0.4, 0.5) is 0 Å². The second-order valence-corrected chi connectivity index (χ2v) is 9.60. The molecule has 0 atom stereocenters. The van der Waals surface area contributed by atoms with Gasteiger partial charge in [-0.1, -0.05) is 80.0 Å². The quantitative estimate of drug-likeness (QED) is 0.638. The van der Waals surface area contributed by atoms with E-state index in [2.05, 4.69) is 48.7 Å². The maximum absolute atomic E-state index is 2.56. The summed E-state index contributed by atoms with van der Waals surface area (Å²) in [6.07, 6.45) is 6.73. The van der Waals surface area contributed by atoms with E-state index in [1.165, 1.54) is 36.9 Å². The minimum absolute atomic E-state index is 1.000. The third-order valence-corrected chi connectivity index (χ3v) is 7.44. The predicted octanol–water partition coefficient (Wildman–Crippen LogP) is 4.50. The lowest BCUT2D eigenvalue weighted by atomic mass is 10.2. The van der Waals surface area contributed by atoms with E-state index < -0.39 is 8.07 Å². The molecular formula is C14H20Si. The van der Waals surface area contributed by atoms with Crippen LogP contribution in [-0.2, 0) is 0 Å². The standard InChI is InChI=1S/C14H20Si/c1-15(11-6-3-7-12-15)13-10-14-8-4-2-5-9-14/h2,4-5,8-10,13H,3,6-7,11-12H2,1H3. The average Bonchev–Trinajstić information content (AvgIpc) is 2.29. The summed E-state index contributed by atoms with van der Waals surface area (Å²) >= 11 is 0. The van der Waals surface area contributed by atoms with Gasteiger partial charge in [-0.3, -0.25) is 0 Å². The van der Waals surface area contributed by atoms with Gasteiger partial charge < -0.3 is 0 Å². The molecule has 0 bridgehead atoms. The monoisotopic (exact) mass is 216 g/mol. The number of rotatable bonds is 2. The first-order valence-corrected chi connectivity index (χ1v) is 9.02. The van der Waals surface area contributed by atoms with Gasteiger partial charge in [0.25, 0.3) is 0 Å². The molecule has 1 aliphatic heterocycles. The predicted molar refractivity (Wildman–Crippen MR) is 70.6 cm³/mol. The van der Waals surface area contributed by atoms with E-state index in [0.29, 0.717) is 0 Å². The van der Waals surface area contributed by atoms with Gasteiger partial charge in [0, 0.05) is 0 Å². The Kier molecular flexibility index (Phi) is 3.42. The Hall–Kier alpha value is -0.823. The lowest BCUT2D eigenvalue weighted by molar-refractivity contribution is 0.717. The zero-order chi connectivity index (χ0) is 10.6. The van der Waals surface area contributed by atoms with Crippen LogP contribution in [0.3, 0.4) is 0 Å². The van der Waals surface area contributed by atoms with Crippen LogP contribution in [0.15, 0.2) is 36.0 Å². The highest BCUT2D eigenvalue weighted by molar-refractivity contribution is 6.84. The molecule has 0 aromatic heterocycles. The van der Waals surface area contributed by atoms with Crippen molar-refractivity contribution in [2.75, 3.05) is 0 Å². The molecule has 2 rings (SSSR count). The number of hydrogen-bond acceptors (Lipinski definition) is 0. The van der Waals surface area contributed by atoms with Crippen LogP contribution in [-0.4, -0.2) is 8.07 Å². The Morgan fingerprint density at radius 2 is 1.67 bits per heavy atom. The highest BCUT2D eigenvalue weighted by Gasteiger charge is 2.25. The van der Waals surface area contributed by atoms with Crippen molar-refractivity contribution in [1.29, 1.82) is 0 Å². The van der Waals surface area contributed by atoms with Gasteiger partial charge in [0.05, 0.1) is 8.07 Å². The fourth-order valence-electron chi connectivity index (χ4n) is 2.39. The van der Waals surface area contributed by atoms with Crippen LogP contribution in [0.1, 0.15) is 24.8 Å². The molecule has 0 aliphatic carbocycles. The van der Waals surface area contributed by atoms with Gasteiger partial charge in [-0.15, -0.1) is 0 Å². The molecule has 1 fully saturated rings. The van der Waals surface area contributed by atoms with Crippen molar-refractivity contribution < 1.29 is 0 Å². The normalized spacial score (nSPS) is 20.6. The van der Waals surface area contributed by atoms with Crippen molar-refractivity contribution in [2.45, 2.75) is 37.9 Å². The van der Waals surface area contributed by atoms with Gasteiger partial charge in [0.1, 0.15) is 0 Å². The van der Waals surface area contributed by atoms with Crippen LogP contribution in [0.5, 0.6) is 0 Å². The molecule has 1 heterocycles. The van der Waals surface area contributed by atoms with Gasteiger partial charge >= 0.3 is 0 Å². The molecule has 15 heavy (non-hydrogen) atoms. The maximum atomic E-state index is 2.56. The molecule has 80 valence electrons. The highest BCUT2D eigenvalue weighted by Crippen LogP contribution is 2.29. The molecule has 0 radical (unpaired) electrons. The maximum Gasteiger partial charge on any atom is 0.0748 e. The second kappa shape index (κ2) is 4.80. The van der Waals surface area contributed by atoms with E-state index in [0.717, 1.165) is 0 Å². The van der Waals surface area contributed by atoms with E-state index in [9.17, 15) is 0 Å². The number of benzene rings is 1. The summed E-state index contributed by atoms with van der Waals surface area (Å²) in [4.78, 5) is 0. The first-order valence-electron chi connectivity index (χ1n) is 6.03. The lowest BCUT2D eigenvalue weighted by Crippen LogP contribution is -2.29. The molecule has 0 nitrogen and oxygen atoms in total. The minimum Gasteiger partial charge on any atom is -0.0939 e. The summed E-state index contributed by atoms with van der Waals surface area (Å²) in [6.45, 7) is 2.53. The van der Waals surface area contributed by atoms with Crippen LogP contribution < -0.4 is 0 Å². The average molecular weight is 216 g/mol. The Balaban J connectivity index is 2.04. The zero-order valence-corrected chi connectivity index (χ0v) is 10.6. The smallest absolute Gasteiger partial charge is 0.0748 e. The molecule has 1 heteroatoms. The van der Waals surface area contributed by atoms with Crippen molar-refractivity contribution in [3.8, 4) is 0 Å². The van der Waals surface area contributed by atoms with E-state index in [-0.39, 0.29) is 0 Å². The van der Waals surface area contributed by atoms with Crippen molar-refractivity contribution >= 4 is 14.1 Å². The van der Waals surface area contributed by atoms with Gasteiger partial charge in [0.2, 0.25) is 0 Å². The van der Waals surface area contributed by atoms with Crippen LogP contribution in [0, 0.1) is 0 Å². The Morgan fingerprint density at radius 3 is 2.33 bits per heavy atom. The summed E-state index contributed by atoms with van der Waals surface area (Å²) in [5.41, 5.74) is 3.92.